The molecule has 0 aromatic heterocycles. The summed E-state index contributed by atoms with van der Waals surface area (Å²) >= 11 is 6.19. The summed E-state index contributed by atoms with van der Waals surface area (Å²) in [7, 11) is 0. The van der Waals surface area contributed by atoms with Crippen molar-refractivity contribution in [3.63, 3.8) is 0 Å². The summed E-state index contributed by atoms with van der Waals surface area (Å²) < 4.78 is 5.90. The molecule has 0 aliphatic carbocycles. The molecule has 102 valence electrons. The molecular weight excluding hydrogens is 258 g/mol. The molecule has 2 rings (SSSR count). The second-order valence-electron chi connectivity index (χ2n) is 5.56. The zero-order valence-corrected chi connectivity index (χ0v) is 12.2. The Morgan fingerprint density at radius 2 is 1.79 bits per heavy atom. The van der Waals surface area contributed by atoms with E-state index in [9.17, 15) is 0 Å². The van der Waals surface area contributed by atoms with E-state index in [1.54, 1.807) is 0 Å². The van der Waals surface area contributed by atoms with Gasteiger partial charge in [-0.2, -0.15) is 0 Å². The van der Waals surface area contributed by atoms with E-state index in [1.807, 2.05) is 36.4 Å². The van der Waals surface area contributed by atoms with Crippen LogP contribution in [0.4, 0.5) is 0 Å². The lowest BCUT2D eigenvalue weighted by Crippen LogP contribution is -2.25. The quantitative estimate of drug-likeness (QED) is 0.887. The van der Waals surface area contributed by atoms with Crippen LogP contribution >= 0.6 is 11.6 Å². The molecule has 0 aliphatic heterocycles. The fraction of sp³-hybridized carbons (Fsp3) is 0.375. The highest BCUT2D eigenvalue weighted by Gasteiger charge is 2.15. The molecule has 0 saturated carbocycles. The average molecular weight is 278 g/mol. The topological polar surface area (TPSA) is 35.2 Å². The molecule has 0 atom stereocenters. The number of ether oxygens (including phenoxy) is 1. The largest absolute Gasteiger partial charge is 0.493 e. The molecule has 19 heavy (non-hydrogen) atoms. The van der Waals surface area contributed by atoms with E-state index in [-0.39, 0.29) is 5.41 Å². The van der Waals surface area contributed by atoms with Crippen molar-refractivity contribution in [3.8, 4) is 5.75 Å². The van der Waals surface area contributed by atoms with Gasteiger partial charge < -0.3 is 10.5 Å². The zero-order valence-electron chi connectivity index (χ0n) is 11.4. The maximum atomic E-state index is 6.19. The summed E-state index contributed by atoms with van der Waals surface area (Å²) in [6.45, 7) is 5.63. The number of rotatable bonds is 5. The number of hydrogen-bond donors (Lipinski definition) is 1. The van der Waals surface area contributed by atoms with Gasteiger partial charge in [0.2, 0.25) is 0 Å². The summed E-state index contributed by atoms with van der Waals surface area (Å²) in [5.41, 5.74) is 5.84. The van der Waals surface area contributed by atoms with Crippen molar-refractivity contribution in [1.29, 1.82) is 0 Å². The molecule has 0 spiro atoms. The predicted octanol–water partition coefficient (Wildman–Crippen LogP) is 4.25. The van der Waals surface area contributed by atoms with E-state index in [0.29, 0.717) is 13.2 Å². The molecule has 0 amide bonds. The lowest BCUT2D eigenvalue weighted by molar-refractivity contribution is 0.235. The summed E-state index contributed by atoms with van der Waals surface area (Å²) in [5.74, 6) is 0.882. The van der Waals surface area contributed by atoms with Gasteiger partial charge in [-0.25, -0.2) is 0 Å². The van der Waals surface area contributed by atoms with Gasteiger partial charge >= 0.3 is 0 Å². The van der Waals surface area contributed by atoms with E-state index in [4.69, 9.17) is 22.1 Å². The Kier molecular flexibility index (Phi) is 4.33. The Bertz CT molecular complexity index is 566. The maximum absolute atomic E-state index is 6.19. The minimum Gasteiger partial charge on any atom is -0.493 e. The Labute approximate surface area is 119 Å². The monoisotopic (exact) mass is 277 g/mol. The van der Waals surface area contributed by atoms with Crippen LogP contribution in [0.1, 0.15) is 20.3 Å². The molecule has 0 fully saturated rings. The molecule has 0 saturated heterocycles. The van der Waals surface area contributed by atoms with Gasteiger partial charge in [0, 0.05) is 15.8 Å². The Morgan fingerprint density at radius 3 is 2.47 bits per heavy atom. The first-order valence-corrected chi connectivity index (χ1v) is 6.91. The van der Waals surface area contributed by atoms with Crippen LogP contribution < -0.4 is 10.5 Å². The van der Waals surface area contributed by atoms with Crippen molar-refractivity contribution in [1.82, 2.24) is 0 Å². The molecule has 2 nitrogen and oxygen atoms in total. The van der Waals surface area contributed by atoms with Gasteiger partial charge in [0.25, 0.3) is 0 Å². The summed E-state index contributed by atoms with van der Waals surface area (Å²) in [6, 6.07) is 11.8. The third kappa shape index (κ3) is 3.40. The van der Waals surface area contributed by atoms with Crippen LogP contribution in [0.2, 0.25) is 5.02 Å². The Balaban J connectivity index is 2.16. The number of halogens is 1. The van der Waals surface area contributed by atoms with Crippen LogP contribution in [-0.4, -0.2) is 13.2 Å². The highest BCUT2D eigenvalue weighted by atomic mass is 35.5. The first-order chi connectivity index (χ1) is 9.03. The molecule has 3 heteroatoms. The van der Waals surface area contributed by atoms with Crippen LogP contribution in [0.3, 0.4) is 0 Å². The van der Waals surface area contributed by atoms with Crippen molar-refractivity contribution in [2.75, 3.05) is 13.2 Å². The molecule has 0 radical (unpaired) electrons. The van der Waals surface area contributed by atoms with Gasteiger partial charge in [0.15, 0.2) is 0 Å². The molecule has 2 aromatic carbocycles. The van der Waals surface area contributed by atoms with Gasteiger partial charge in [-0.3, -0.25) is 0 Å². The van der Waals surface area contributed by atoms with Crippen molar-refractivity contribution in [2.24, 2.45) is 11.1 Å². The first kappa shape index (κ1) is 14.2. The molecule has 2 N–H and O–H groups in total. The fourth-order valence-corrected chi connectivity index (χ4v) is 2.13. The normalized spacial score (nSPS) is 11.8. The molecule has 2 aromatic rings. The number of nitrogens with two attached hydrogens (primary N) is 1. The standard InChI is InChI=1S/C16H20ClNO/c1-16(2,11-18)9-10-19-15-8-7-14(17)12-5-3-4-6-13(12)15/h3-8H,9-11,18H2,1-2H3. The van der Waals surface area contributed by atoms with Crippen molar-refractivity contribution in [2.45, 2.75) is 20.3 Å². The van der Waals surface area contributed by atoms with Crippen molar-refractivity contribution < 1.29 is 4.74 Å². The summed E-state index contributed by atoms with van der Waals surface area (Å²) in [4.78, 5) is 0. The lowest BCUT2D eigenvalue weighted by atomic mass is 9.90. The average Bonchev–Trinajstić information content (AvgIpc) is 2.42. The minimum absolute atomic E-state index is 0.113. The highest BCUT2D eigenvalue weighted by Crippen LogP contribution is 2.31. The third-order valence-corrected chi connectivity index (χ3v) is 3.75. The van der Waals surface area contributed by atoms with Crippen LogP contribution in [0.25, 0.3) is 10.8 Å². The molecule has 0 aliphatic rings. The second-order valence-corrected chi connectivity index (χ2v) is 5.97. The van der Waals surface area contributed by atoms with Gasteiger partial charge in [0.1, 0.15) is 5.75 Å². The van der Waals surface area contributed by atoms with E-state index in [2.05, 4.69) is 13.8 Å². The van der Waals surface area contributed by atoms with Crippen LogP contribution in [0, 0.1) is 5.41 Å². The van der Waals surface area contributed by atoms with Crippen LogP contribution in [0.5, 0.6) is 5.75 Å². The third-order valence-electron chi connectivity index (χ3n) is 3.42. The molecule has 0 bridgehead atoms. The fourth-order valence-electron chi connectivity index (χ4n) is 1.90. The molecule has 0 heterocycles. The van der Waals surface area contributed by atoms with E-state index in [0.717, 1.165) is 28.0 Å². The molecular formula is C16H20ClNO. The SMILES string of the molecule is CC(C)(CN)CCOc1ccc(Cl)c2ccccc12. The van der Waals surface area contributed by atoms with Gasteiger partial charge in [-0.15, -0.1) is 0 Å². The maximum Gasteiger partial charge on any atom is 0.127 e. The number of fused-ring (bicyclic) bond motifs is 1. The van der Waals surface area contributed by atoms with E-state index in [1.165, 1.54) is 0 Å². The van der Waals surface area contributed by atoms with Gasteiger partial charge in [0.05, 0.1) is 6.61 Å². The smallest absolute Gasteiger partial charge is 0.127 e. The number of hydrogen-bond acceptors (Lipinski definition) is 2. The highest BCUT2D eigenvalue weighted by molar-refractivity contribution is 6.35. The van der Waals surface area contributed by atoms with E-state index >= 15 is 0 Å². The van der Waals surface area contributed by atoms with Crippen LogP contribution in [0.15, 0.2) is 36.4 Å². The Hall–Kier alpha value is -1.25. The number of benzene rings is 2. The van der Waals surface area contributed by atoms with Crippen LogP contribution in [-0.2, 0) is 0 Å². The summed E-state index contributed by atoms with van der Waals surface area (Å²) in [6.07, 6.45) is 0.931. The lowest BCUT2D eigenvalue weighted by Gasteiger charge is -2.22. The predicted molar refractivity (Wildman–Crippen MR) is 81.9 cm³/mol. The van der Waals surface area contributed by atoms with Crippen molar-refractivity contribution in [3.05, 3.63) is 41.4 Å². The zero-order chi connectivity index (χ0) is 13.9. The summed E-state index contributed by atoms with van der Waals surface area (Å²) in [5, 5.41) is 2.84. The Morgan fingerprint density at radius 1 is 1.11 bits per heavy atom. The van der Waals surface area contributed by atoms with Gasteiger partial charge in [-0.05, 0) is 30.5 Å². The second kappa shape index (κ2) is 5.81. The minimum atomic E-state index is 0.113. The van der Waals surface area contributed by atoms with E-state index < -0.39 is 0 Å². The van der Waals surface area contributed by atoms with Crippen molar-refractivity contribution >= 4 is 22.4 Å². The first-order valence-electron chi connectivity index (χ1n) is 6.54. The van der Waals surface area contributed by atoms with Gasteiger partial charge in [-0.1, -0.05) is 49.7 Å². The molecule has 0 unspecified atom stereocenters.